The molecule has 0 radical (unpaired) electrons. The van der Waals surface area contributed by atoms with Crippen LogP contribution in [0.5, 0.6) is 28.7 Å². The van der Waals surface area contributed by atoms with Gasteiger partial charge in [0.25, 0.3) is 0 Å². The molecule has 9 heteroatoms. The number of ether oxygens (including phenoxy) is 5. The van der Waals surface area contributed by atoms with Gasteiger partial charge in [0.1, 0.15) is 46.9 Å². The van der Waals surface area contributed by atoms with Gasteiger partial charge in [-0.05, 0) is 66.2 Å². The Morgan fingerprint density at radius 2 is 0.962 bits per heavy atom. The van der Waals surface area contributed by atoms with Crippen LogP contribution in [0.4, 0.5) is 0 Å². The smallest absolute Gasteiger partial charge is 0.162 e. The molecule has 6 aromatic carbocycles. The zero-order valence-electron chi connectivity index (χ0n) is 28.0. The van der Waals surface area contributed by atoms with E-state index in [2.05, 4.69) is 47.8 Å². The molecular weight excluding hydrogens is 852 g/mol. The molecule has 2 atom stereocenters. The van der Waals surface area contributed by atoms with Gasteiger partial charge in [0.05, 0.1) is 6.10 Å². The fraction of sp³-hybridized carbons (Fsp3) is 0.163. The van der Waals surface area contributed by atoms with Gasteiger partial charge >= 0.3 is 0 Å². The SMILES string of the molecule is OC1Cc2c(OCc3ccccc3)c(Br)c(OCc3ccccc3)c(Br)c2OC1c1cc(OCc2ccccc2)c(OCc2ccccc2)cc1Br. The molecule has 0 saturated heterocycles. The number of halogens is 3. The molecule has 6 aromatic rings. The van der Waals surface area contributed by atoms with Crippen LogP contribution < -0.4 is 23.7 Å². The van der Waals surface area contributed by atoms with Crippen LogP contribution in [0.2, 0.25) is 0 Å². The summed E-state index contributed by atoms with van der Waals surface area (Å²) < 4.78 is 34.3. The van der Waals surface area contributed by atoms with E-state index in [9.17, 15) is 5.11 Å². The molecule has 1 heterocycles. The number of fused-ring (bicyclic) bond motifs is 1. The first-order valence-corrected chi connectivity index (χ1v) is 19.2. The van der Waals surface area contributed by atoms with Crippen molar-refractivity contribution in [3.8, 4) is 28.7 Å². The molecule has 1 N–H and O–H groups in total. The molecule has 0 aromatic heterocycles. The number of aliphatic hydroxyl groups excluding tert-OH is 1. The molecular formula is C43H35Br3O6. The van der Waals surface area contributed by atoms with Gasteiger partial charge < -0.3 is 28.8 Å². The second kappa shape index (κ2) is 17.0. The summed E-state index contributed by atoms with van der Waals surface area (Å²) in [6.45, 7) is 1.36. The maximum Gasteiger partial charge on any atom is 0.162 e. The summed E-state index contributed by atoms with van der Waals surface area (Å²) in [4.78, 5) is 0. The molecule has 0 bridgehead atoms. The third kappa shape index (κ3) is 8.50. The van der Waals surface area contributed by atoms with Crippen molar-refractivity contribution in [3.05, 3.63) is 180 Å². The molecule has 1 aliphatic heterocycles. The highest BCUT2D eigenvalue weighted by atomic mass is 79.9. The van der Waals surface area contributed by atoms with Gasteiger partial charge in [0, 0.05) is 22.0 Å². The minimum absolute atomic E-state index is 0.263. The van der Waals surface area contributed by atoms with Crippen molar-refractivity contribution in [1.29, 1.82) is 0 Å². The lowest BCUT2D eigenvalue weighted by molar-refractivity contribution is 0.0181. The van der Waals surface area contributed by atoms with Gasteiger partial charge in [0.2, 0.25) is 0 Å². The third-order valence-corrected chi connectivity index (χ3v) is 10.8. The zero-order valence-corrected chi connectivity index (χ0v) is 32.8. The second-order valence-corrected chi connectivity index (χ2v) is 14.8. The Morgan fingerprint density at radius 1 is 0.538 bits per heavy atom. The Hall–Kier alpha value is -4.28. The summed E-state index contributed by atoms with van der Waals surface area (Å²) in [5.41, 5.74) is 5.51. The lowest BCUT2D eigenvalue weighted by Crippen LogP contribution is -2.31. The third-order valence-electron chi connectivity index (χ3n) is 8.65. The van der Waals surface area contributed by atoms with E-state index in [-0.39, 0.29) is 6.42 Å². The molecule has 0 fully saturated rings. The highest BCUT2D eigenvalue weighted by Gasteiger charge is 2.38. The predicted molar refractivity (Wildman–Crippen MR) is 212 cm³/mol. The molecule has 2 unspecified atom stereocenters. The maximum atomic E-state index is 11.8. The fourth-order valence-corrected chi connectivity index (χ4v) is 8.10. The molecule has 52 heavy (non-hydrogen) atoms. The van der Waals surface area contributed by atoms with E-state index >= 15 is 0 Å². The lowest BCUT2D eigenvalue weighted by Gasteiger charge is -2.34. The van der Waals surface area contributed by atoms with Crippen LogP contribution in [0, 0.1) is 0 Å². The number of aliphatic hydroxyl groups is 1. The summed E-state index contributed by atoms with van der Waals surface area (Å²) in [5.74, 6) is 2.73. The number of hydrogen-bond donors (Lipinski definition) is 1. The largest absolute Gasteiger partial charge is 0.487 e. The molecule has 6 nitrogen and oxygen atoms in total. The van der Waals surface area contributed by atoms with Crippen LogP contribution in [-0.2, 0) is 32.8 Å². The number of rotatable bonds is 13. The van der Waals surface area contributed by atoms with Gasteiger partial charge in [-0.3, -0.25) is 0 Å². The van der Waals surface area contributed by atoms with E-state index in [4.69, 9.17) is 23.7 Å². The van der Waals surface area contributed by atoms with Gasteiger partial charge in [-0.2, -0.15) is 0 Å². The highest BCUT2D eigenvalue weighted by Crippen LogP contribution is 2.54. The molecule has 7 rings (SSSR count). The second-order valence-electron chi connectivity index (χ2n) is 12.3. The minimum Gasteiger partial charge on any atom is -0.487 e. The van der Waals surface area contributed by atoms with E-state index in [1.165, 1.54) is 0 Å². The maximum absolute atomic E-state index is 11.8. The van der Waals surface area contributed by atoms with Crippen molar-refractivity contribution in [2.24, 2.45) is 0 Å². The predicted octanol–water partition coefficient (Wildman–Crippen LogP) is 11.3. The Bertz CT molecular complexity index is 2100. The number of benzene rings is 6. The first kappa shape index (κ1) is 36.1. The first-order valence-electron chi connectivity index (χ1n) is 16.8. The van der Waals surface area contributed by atoms with Crippen molar-refractivity contribution in [1.82, 2.24) is 0 Å². The average Bonchev–Trinajstić information content (AvgIpc) is 3.18. The summed E-state index contributed by atoms with van der Waals surface area (Å²) in [6.07, 6.45) is -1.42. The standard InChI is InChI=1S/C43H35Br3O6/c44-34-23-37(49-25-29-15-7-2-8-16-29)36(48-24-28-13-5-1-6-14-28)22-32(34)40-35(47)21-33-41(50-26-30-17-9-3-10-18-30)38(45)43(39(46)42(33)52-40)51-27-31-19-11-4-12-20-31/h1-20,22-23,35,40,47H,21,24-27H2. The van der Waals surface area contributed by atoms with Crippen molar-refractivity contribution < 1.29 is 28.8 Å². The van der Waals surface area contributed by atoms with Gasteiger partial charge in [-0.25, -0.2) is 0 Å². The highest BCUT2D eigenvalue weighted by molar-refractivity contribution is 9.11. The van der Waals surface area contributed by atoms with Crippen LogP contribution >= 0.6 is 47.8 Å². The Kier molecular flexibility index (Phi) is 11.8. The summed E-state index contributed by atoms with van der Waals surface area (Å²) >= 11 is 11.4. The molecule has 1 aliphatic rings. The molecule has 264 valence electrons. The Labute approximate surface area is 328 Å². The zero-order chi connectivity index (χ0) is 35.9. The Balaban J connectivity index is 1.24. The van der Waals surface area contributed by atoms with E-state index in [1.54, 1.807) is 0 Å². The van der Waals surface area contributed by atoms with Crippen molar-refractivity contribution in [2.45, 2.75) is 45.1 Å². The molecule has 0 aliphatic carbocycles. The van der Waals surface area contributed by atoms with Crippen LogP contribution in [-0.4, -0.2) is 11.2 Å². The minimum atomic E-state index is -0.921. The molecule has 0 amide bonds. The van der Waals surface area contributed by atoms with E-state index in [0.29, 0.717) is 74.2 Å². The van der Waals surface area contributed by atoms with Gasteiger partial charge in [-0.1, -0.05) is 137 Å². The van der Waals surface area contributed by atoms with Crippen LogP contribution in [0.1, 0.15) is 39.5 Å². The topological polar surface area (TPSA) is 66.4 Å². The van der Waals surface area contributed by atoms with Crippen LogP contribution in [0.15, 0.2) is 147 Å². The lowest BCUT2D eigenvalue weighted by atomic mass is 9.93. The van der Waals surface area contributed by atoms with Crippen molar-refractivity contribution in [2.75, 3.05) is 0 Å². The van der Waals surface area contributed by atoms with Crippen molar-refractivity contribution >= 4 is 47.8 Å². The van der Waals surface area contributed by atoms with Crippen LogP contribution in [0.25, 0.3) is 0 Å². The summed E-state index contributed by atoms with van der Waals surface area (Å²) in [7, 11) is 0. The normalized spacial score (nSPS) is 14.9. The quantitative estimate of drug-likeness (QED) is 0.125. The summed E-state index contributed by atoms with van der Waals surface area (Å²) in [5, 5.41) is 11.8. The Morgan fingerprint density at radius 3 is 1.44 bits per heavy atom. The monoisotopic (exact) mass is 884 g/mol. The van der Waals surface area contributed by atoms with E-state index in [0.717, 1.165) is 27.8 Å². The first-order chi connectivity index (χ1) is 25.4. The summed E-state index contributed by atoms with van der Waals surface area (Å²) in [6, 6.07) is 43.6. The van der Waals surface area contributed by atoms with E-state index in [1.807, 2.05) is 133 Å². The van der Waals surface area contributed by atoms with Crippen LogP contribution in [0.3, 0.4) is 0 Å². The molecule has 0 spiro atoms. The van der Waals surface area contributed by atoms with Crippen molar-refractivity contribution in [3.63, 3.8) is 0 Å². The fourth-order valence-electron chi connectivity index (χ4n) is 5.97. The van der Waals surface area contributed by atoms with E-state index < -0.39 is 12.2 Å². The van der Waals surface area contributed by atoms with Gasteiger partial charge in [-0.15, -0.1) is 0 Å². The molecule has 0 saturated carbocycles. The van der Waals surface area contributed by atoms with Gasteiger partial charge in [0.15, 0.2) is 23.4 Å². The average molecular weight is 887 g/mol. The number of hydrogen-bond acceptors (Lipinski definition) is 6.